The van der Waals surface area contributed by atoms with Gasteiger partial charge >= 0.3 is 0 Å². The van der Waals surface area contributed by atoms with E-state index in [1.165, 1.54) is 37.1 Å². The monoisotopic (exact) mass is 349 g/mol. The lowest BCUT2D eigenvalue weighted by atomic mass is 9.95. The Balaban J connectivity index is 1.45. The lowest BCUT2D eigenvalue weighted by Crippen LogP contribution is -2.33. The summed E-state index contributed by atoms with van der Waals surface area (Å²) in [6.45, 7) is 7.92. The lowest BCUT2D eigenvalue weighted by molar-refractivity contribution is 0.257. The van der Waals surface area contributed by atoms with Gasteiger partial charge in [0, 0.05) is 13.1 Å². The van der Waals surface area contributed by atoms with Gasteiger partial charge in [-0.1, -0.05) is 38.1 Å². The van der Waals surface area contributed by atoms with Gasteiger partial charge in [0.05, 0.1) is 11.5 Å². The van der Waals surface area contributed by atoms with Gasteiger partial charge in [-0.3, -0.25) is 0 Å². The van der Waals surface area contributed by atoms with E-state index in [-0.39, 0.29) is 0 Å². The Kier molecular flexibility index (Phi) is 5.66. The van der Waals surface area contributed by atoms with Crippen LogP contribution in [-0.2, 0) is 16.3 Å². The van der Waals surface area contributed by atoms with Gasteiger partial charge in [0.2, 0.25) is 0 Å². The van der Waals surface area contributed by atoms with Crippen molar-refractivity contribution in [3.63, 3.8) is 0 Å². The molecular formula is C20H31NO2S. The molecule has 0 N–H and O–H groups in total. The number of hydrogen-bond acceptors (Lipinski definition) is 3. The van der Waals surface area contributed by atoms with Crippen molar-refractivity contribution in [3.8, 4) is 0 Å². The zero-order chi connectivity index (χ0) is 17.2. The minimum atomic E-state index is -2.73. The van der Waals surface area contributed by atoms with Gasteiger partial charge in [0.15, 0.2) is 0 Å². The van der Waals surface area contributed by atoms with Gasteiger partial charge in [-0.05, 0) is 61.1 Å². The molecule has 0 radical (unpaired) electrons. The van der Waals surface area contributed by atoms with Crippen molar-refractivity contribution in [1.82, 2.24) is 4.90 Å². The molecule has 3 nitrogen and oxygen atoms in total. The third-order valence-corrected chi connectivity index (χ3v) is 7.45. The molecule has 0 saturated carbocycles. The Hall–Kier alpha value is -0.870. The van der Waals surface area contributed by atoms with Crippen LogP contribution < -0.4 is 0 Å². The molecule has 1 atom stereocenters. The standard InChI is InChI=1S/C20H31NO2S/c1-16(2)20-5-3-17(4-6-20)13-19-7-10-21(15-19)14-18-8-11-24(22,23)12-9-18/h3-6,16,18-19H,7-15H2,1-2H3/t19-/m0/s1. The highest BCUT2D eigenvalue weighted by Gasteiger charge is 2.28. The van der Waals surface area contributed by atoms with Crippen LogP contribution in [0.1, 0.15) is 50.2 Å². The predicted molar refractivity (Wildman–Crippen MR) is 100 cm³/mol. The van der Waals surface area contributed by atoms with Crippen molar-refractivity contribution in [1.29, 1.82) is 0 Å². The van der Waals surface area contributed by atoms with Crippen LogP contribution in [0.5, 0.6) is 0 Å². The molecule has 2 aliphatic rings. The summed E-state index contributed by atoms with van der Waals surface area (Å²) in [6, 6.07) is 9.14. The van der Waals surface area contributed by atoms with Crippen molar-refractivity contribution in [2.24, 2.45) is 11.8 Å². The first-order valence-corrected chi connectivity index (χ1v) is 11.2. The van der Waals surface area contributed by atoms with Gasteiger partial charge in [-0.25, -0.2) is 8.42 Å². The average Bonchev–Trinajstić information content (AvgIpc) is 2.97. The Morgan fingerprint density at radius 1 is 1.04 bits per heavy atom. The third-order valence-electron chi connectivity index (χ3n) is 5.73. The van der Waals surface area contributed by atoms with Gasteiger partial charge < -0.3 is 4.90 Å². The number of likely N-dealkylation sites (tertiary alicyclic amines) is 1. The number of nitrogens with zero attached hydrogens (tertiary/aromatic N) is 1. The highest BCUT2D eigenvalue weighted by atomic mass is 32.2. The summed E-state index contributed by atoms with van der Waals surface area (Å²) in [5.74, 6) is 2.73. The molecule has 2 fully saturated rings. The van der Waals surface area contributed by atoms with E-state index in [9.17, 15) is 8.42 Å². The largest absolute Gasteiger partial charge is 0.303 e. The summed E-state index contributed by atoms with van der Waals surface area (Å²) < 4.78 is 23.1. The van der Waals surface area contributed by atoms with Crippen LogP contribution in [-0.4, -0.2) is 44.5 Å². The van der Waals surface area contributed by atoms with Gasteiger partial charge in [-0.2, -0.15) is 0 Å². The fourth-order valence-corrected chi connectivity index (χ4v) is 5.69. The van der Waals surface area contributed by atoms with Gasteiger partial charge in [0.1, 0.15) is 9.84 Å². The molecule has 0 aliphatic carbocycles. The second kappa shape index (κ2) is 7.57. The molecule has 1 aromatic carbocycles. The first-order valence-electron chi connectivity index (χ1n) is 9.43. The van der Waals surface area contributed by atoms with Crippen molar-refractivity contribution in [2.75, 3.05) is 31.1 Å². The molecular weight excluding hydrogens is 318 g/mol. The fourth-order valence-electron chi connectivity index (χ4n) is 4.10. The molecule has 2 saturated heterocycles. The molecule has 0 spiro atoms. The second-order valence-corrected chi connectivity index (χ2v) is 10.4. The smallest absolute Gasteiger partial charge is 0.150 e. The number of benzene rings is 1. The van der Waals surface area contributed by atoms with E-state index in [1.54, 1.807) is 0 Å². The molecule has 24 heavy (non-hydrogen) atoms. The van der Waals surface area contributed by atoms with Crippen molar-refractivity contribution in [2.45, 2.75) is 45.4 Å². The molecule has 0 unspecified atom stereocenters. The molecule has 134 valence electrons. The van der Waals surface area contributed by atoms with Crippen molar-refractivity contribution in [3.05, 3.63) is 35.4 Å². The minimum Gasteiger partial charge on any atom is -0.303 e. The van der Waals surface area contributed by atoms with Crippen molar-refractivity contribution >= 4 is 9.84 Å². The van der Waals surface area contributed by atoms with E-state index in [0.29, 0.717) is 23.3 Å². The summed E-state index contributed by atoms with van der Waals surface area (Å²) in [7, 11) is -2.73. The van der Waals surface area contributed by atoms with Crippen LogP contribution in [0.15, 0.2) is 24.3 Å². The first-order chi connectivity index (χ1) is 11.4. The van der Waals surface area contributed by atoms with Gasteiger partial charge in [0.25, 0.3) is 0 Å². The SMILES string of the molecule is CC(C)c1ccc(C[C@@H]2CCN(CC3CCS(=O)(=O)CC3)C2)cc1. The molecule has 2 heterocycles. The summed E-state index contributed by atoms with van der Waals surface area (Å²) >= 11 is 0. The second-order valence-electron chi connectivity index (χ2n) is 8.11. The molecule has 0 aromatic heterocycles. The predicted octanol–water partition coefficient (Wildman–Crippen LogP) is 3.50. The highest BCUT2D eigenvalue weighted by molar-refractivity contribution is 7.91. The Morgan fingerprint density at radius 3 is 2.33 bits per heavy atom. The molecule has 1 aromatic rings. The molecule has 0 amide bonds. The normalized spacial score (nSPS) is 25.4. The molecule has 4 heteroatoms. The third kappa shape index (κ3) is 4.82. The fraction of sp³-hybridized carbons (Fsp3) is 0.700. The molecule has 3 rings (SSSR count). The van der Waals surface area contributed by atoms with E-state index in [1.807, 2.05) is 0 Å². The Bertz CT molecular complexity index is 622. The van der Waals surface area contributed by atoms with Crippen LogP contribution in [0.2, 0.25) is 0 Å². The summed E-state index contributed by atoms with van der Waals surface area (Å²) in [6.07, 6.45) is 4.17. The van der Waals surface area contributed by atoms with E-state index in [4.69, 9.17) is 0 Å². The van der Waals surface area contributed by atoms with Crippen LogP contribution in [0.4, 0.5) is 0 Å². The summed E-state index contributed by atoms with van der Waals surface area (Å²) in [5.41, 5.74) is 2.87. The number of sulfone groups is 1. The van der Waals surface area contributed by atoms with Crippen LogP contribution in [0.25, 0.3) is 0 Å². The maximum Gasteiger partial charge on any atom is 0.150 e. The topological polar surface area (TPSA) is 37.4 Å². The Labute approximate surface area is 147 Å². The van der Waals surface area contributed by atoms with Crippen molar-refractivity contribution < 1.29 is 8.42 Å². The van der Waals surface area contributed by atoms with Crippen LogP contribution >= 0.6 is 0 Å². The van der Waals surface area contributed by atoms with Crippen LogP contribution in [0.3, 0.4) is 0 Å². The highest BCUT2D eigenvalue weighted by Crippen LogP contribution is 2.26. The number of hydrogen-bond donors (Lipinski definition) is 0. The van der Waals surface area contributed by atoms with E-state index in [2.05, 4.69) is 43.0 Å². The number of rotatable bonds is 5. The van der Waals surface area contributed by atoms with E-state index in [0.717, 1.165) is 25.3 Å². The van der Waals surface area contributed by atoms with Gasteiger partial charge in [-0.15, -0.1) is 0 Å². The summed E-state index contributed by atoms with van der Waals surface area (Å²) in [4.78, 5) is 2.57. The maximum absolute atomic E-state index is 11.5. The first kappa shape index (κ1) is 17.9. The zero-order valence-electron chi connectivity index (χ0n) is 15.1. The Morgan fingerprint density at radius 2 is 1.71 bits per heavy atom. The lowest BCUT2D eigenvalue weighted by Gasteiger charge is -2.26. The van der Waals surface area contributed by atoms with Crippen LogP contribution in [0, 0.1) is 11.8 Å². The summed E-state index contributed by atoms with van der Waals surface area (Å²) in [5, 5.41) is 0. The average molecular weight is 350 g/mol. The van der Waals surface area contributed by atoms with E-state index >= 15 is 0 Å². The minimum absolute atomic E-state index is 0.400. The molecule has 0 bridgehead atoms. The quantitative estimate of drug-likeness (QED) is 0.816. The van der Waals surface area contributed by atoms with E-state index < -0.39 is 9.84 Å². The maximum atomic E-state index is 11.5. The molecule has 2 aliphatic heterocycles. The zero-order valence-corrected chi connectivity index (χ0v) is 15.9.